The van der Waals surface area contributed by atoms with E-state index in [1.165, 1.54) is 44.9 Å². The molecule has 2 N–H and O–H groups in total. The van der Waals surface area contributed by atoms with Crippen molar-refractivity contribution in [3.63, 3.8) is 0 Å². The van der Waals surface area contributed by atoms with Crippen LogP contribution in [0.15, 0.2) is 0 Å². The SMILES string of the molecule is O=C(O)CC(=O)O.[CH2-]C(CCCCCCCC)C(C)(C)C.[H-].[Li+].[Na+]. The Kier molecular flexibility index (Phi) is 25.7. The van der Waals surface area contributed by atoms with Crippen LogP contribution in [0, 0.1) is 18.3 Å². The Labute approximate surface area is 178 Å². The van der Waals surface area contributed by atoms with Gasteiger partial charge in [-0.2, -0.15) is 5.92 Å². The van der Waals surface area contributed by atoms with Gasteiger partial charge in [-0.25, -0.2) is 0 Å². The van der Waals surface area contributed by atoms with Crippen molar-refractivity contribution in [3.05, 3.63) is 6.92 Å². The van der Waals surface area contributed by atoms with Crippen LogP contribution >= 0.6 is 0 Å². The molecule has 0 aliphatic heterocycles. The summed E-state index contributed by atoms with van der Waals surface area (Å²) in [6, 6.07) is 0. The van der Waals surface area contributed by atoms with Gasteiger partial charge in [-0.3, -0.25) is 9.59 Å². The van der Waals surface area contributed by atoms with Crippen molar-refractivity contribution < 1.29 is 69.6 Å². The Morgan fingerprint density at radius 3 is 1.70 bits per heavy atom. The average Bonchev–Trinajstić information content (AvgIpc) is 2.31. The van der Waals surface area contributed by atoms with E-state index in [9.17, 15) is 9.59 Å². The average molecular weight is 332 g/mol. The van der Waals surface area contributed by atoms with Gasteiger partial charge in [0.25, 0.3) is 0 Å². The molecule has 4 nitrogen and oxygen atoms in total. The number of unbranched alkanes of at least 4 members (excludes halogenated alkanes) is 5. The summed E-state index contributed by atoms with van der Waals surface area (Å²) in [5.74, 6) is -2.01. The summed E-state index contributed by atoms with van der Waals surface area (Å²) in [7, 11) is 0. The Morgan fingerprint density at radius 2 is 1.39 bits per heavy atom. The van der Waals surface area contributed by atoms with E-state index in [2.05, 4.69) is 34.6 Å². The van der Waals surface area contributed by atoms with Gasteiger partial charge < -0.3 is 18.6 Å². The normalized spacial score (nSPS) is 11.2. The van der Waals surface area contributed by atoms with Crippen molar-refractivity contribution >= 4 is 11.9 Å². The van der Waals surface area contributed by atoms with Gasteiger partial charge in [-0.15, -0.1) is 0 Å². The Morgan fingerprint density at radius 1 is 1.00 bits per heavy atom. The summed E-state index contributed by atoms with van der Waals surface area (Å²) in [6.07, 6.45) is 8.87. The molecule has 6 heteroatoms. The molecule has 0 radical (unpaired) electrons. The zero-order chi connectivity index (χ0) is 16.9. The maximum atomic E-state index is 9.43. The van der Waals surface area contributed by atoms with Gasteiger partial charge >= 0.3 is 60.4 Å². The summed E-state index contributed by atoms with van der Waals surface area (Å²) in [6.45, 7) is 13.4. The van der Waals surface area contributed by atoms with E-state index in [1.54, 1.807) is 0 Å². The van der Waals surface area contributed by atoms with Gasteiger partial charge in [0.2, 0.25) is 0 Å². The number of hydrogen-bond donors (Lipinski definition) is 2. The number of hydrogen-bond acceptors (Lipinski definition) is 2. The second-order valence-electron chi connectivity index (χ2n) is 6.58. The van der Waals surface area contributed by atoms with Crippen LogP contribution in [0.25, 0.3) is 0 Å². The number of aliphatic carboxylic acids is 2. The molecule has 0 aliphatic rings. The molecule has 0 saturated heterocycles. The Hall–Kier alpha value is 0.537. The molecular formula is C17H34LiNaO4. The van der Waals surface area contributed by atoms with Gasteiger partial charge in [-0.05, 0) is 0 Å². The Bertz CT molecular complexity index is 285. The number of carbonyl (C=O) groups is 2. The van der Waals surface area contributed by atoms with Crippen molar-refractivity contribution in [3.8, 4) is 0 Å². The maximum absolute atomic E-state index is 9.43. The van der Waals surface area contributed by atoms with Crippen molar-refractivity contribution in [2.45, 2.75) is 79.1 Å². The molecule has 23 heavy (non-hydrogen) atoms. The molecule has 0 rings (SSSR count). The first-order valence-corrected chi connectivity index (χ1v) is 7.87. The quantitative estimate of drug-likeness (QED) is 0.243. The smallest absolute Gasteiger partial charge is 1.00 e. The van der Waals surface area contributed by atoms with Crippen molar-refractivity contribution in [2.24, 2.45) is 11.3 Å². The standard InChI is InChI=1S/C14H29.C3H4O4.Li.Na.H/c1-6-7-8-9-10-11-12-13(2)14(3,4)5;4-2(5)1-3(6)7;;;/h13H,2,6-12H2,1,3-5H3;1H2,(H,4,5)(H,6,7);;;/q-1;;2*+1;-1. The zero-order valence-corrected chi connectivity index (χ0v) is 18.2. The topological polar surface area (TPSA) is 74.6 Å². The third kappa shape index (κ3) is 27.7. The van der Waals surface area contributed by atoms with Crippen LogP contribution in [0.1, 0.15) is 80.5 Å². The van der Waals surface area contributed by atoms with Crippen LogP contribution < -0.4 is 48.4 Å². The second kappa shape index (κ2) is 18.9. The maximum Gasteiger partial charge on any atom is 1.00 e. The molecular weight excluding hydrogens is 298 g/mol. The van der Waals surface area contributed by atoms with Crippen LogP contribution in [0.2, 0.25) is 0 Å². The first-order chi connectivity index (χ1) is 9.61. The van der Waals surface area contributed by atoms with E-state index < -0.39 is 18.4 Å². The van der Waals surface area contributed by atoms with Crippen molar-refractivity contribution in [1.29, 1.82) is 0 Å². The third-order valence-electron chi connectivity index (χ3n) is 3.43. The summed E-state index contributed by atoms with van der Waals surface area (Å²) in [5, 5.41) is 15.4. The van der Waals surface area contributed by atoms with Gasteiger partial charge in [0, 0.05) is 0 Å². The van der Waals surface area contributed by atoms with Gasteiger partial charge in [0.1, 0.15) is 6.42 Å². The number of carboxylic acid groups (broad SMARTS) is 2. The fraction of sp³-hybridized carbons (Fsp3) is 0.824. The number of rotatable bonds is 9. The molecule has 0 heterocycles. The van der Waals surface area contributed by atoms with Crippen LogP contribution in [-0.4, -0.2) is 22.2 Å². The molecule has 0 amide bonds. The van der Waals surface area contributed by atoms with Gasteiger partial charge in [-0.1, -0.05) is 78.1 Å². The fourth-order valence-corrected chi connectivity index (χ4v) is 1.73. The summed E-state index contributed by atoms with van der Waals surface area (Å²) >= 11 is 0. The third-order valence-corrected chi connectivity index (χ3v) is 3.43. The van der Waals surface area contributed by atoms with E-state index >= 15 is 0 Å². The summed E-state index contributed by atoms with van der Waals surface area (Å²) < 4.78 is 0. The molecule has 0 aromatic heterocycles. The zero-order valence-electron chi connectivity index (χ0n) is 17.2. The molecule has 0 aliphatic carbocycles. The fourth-order valence-electron chi connectivity index (χ4n) is 1.73. The first-order valence-electron chi connectivity index (χ1n) is 7.87. The minimum Gasteiger partial charge on any atom is -1.00 e. The molecule has 0 aromatic rings. The van der Waals surface area contributed by atoms with Crippen molar-refractivity contribution in [1.82, 2.24) is 0 Å². The molecule has 0 bridgehead atoms. The van der Waals surface area contributed by atoms with Crippen LogP contribution in [0.5, 0.6) is 0 Å². The van der Waals surface area contributed by atoms with E-state index in [0.717, 1.165) is 0 Å². The number of carboxylic acids is 2. The molecule has 0 aromatic carbocycles. The van der Waals surface area contributed by atoms with Gasteiger partial charge in [0.05, 0.1) is 0 Å². The molecule has 0 saturated carbocycles. The summed E-state index contributed by atoms with van der Waals surface area (Å²) in [4.78, 5) is 18.9. The molecule has 0 spiro atoms. The van der Waals surface area contributed by atoms with Crippen LogP contribution in [0.4, 0.5) is 0 Å². The van der Waals surface area contributed by atoms with E-state index in [-0.39, 0.29) is 49.8 Å². The van der Waals surface area contributed by atoms with Crippen LogP contribution in [0.3, 0.4) is 0 Å². The minimum atomic E-state index is -1.31. The predicted molar refractivity (Wildman–Crippen MR) is 87.3 cm³/mol. The molecule has 1 unspecified atom stereocenters. The monoisotopic (exact) mass is 332 g/mol. The predicted octanol–water partition coefficient (Wildman–Crippen LogP) is -1.10. The van der Waals surface area contributed by atoms with E-state index in [1.807, 2.05) is 0 Å². The van der Waals surface area contributed by atoms with Gasteiger partial charge in [0.15, 0.2) is 0 Å². The minimum absolute atomic E-state index is 0. The first kappa shape index (κ1) is 31.3. The van der Waals surface area contributed by atoms with Crippen LogP contribution in [-0.2, 0) is 9.59 Å². The Balaban J connectivity index is -0.000000105. The van der Waals surface area contributed by atoms with Crippen molar-refractivity contribution in [2.75, 3.05) is 0 Å². The van der Waals surface area contributed by atoms with E-state index in [4.69, 9.17) is 10.2 Å². The van der Waals surface area contributed by atoms with E-state index in [0.29, 0.717) is 11.3 Å². The molecule has 0 fully saturated rings. The summed E-state index contributed by atoms with van der Waals surface area (Å²) in [5.41, 5.74) is 0.392. The molecule has 1 atom stereocenters. The largest absolute Gasteiger partial charge is 1.00 e. The second-order valence-corrected chi connectivity index (χ2v) is 6.58. The molecule has 128 valence electrons.